The number of para-hydroxylation sites is 2. The minimum Gasteiger partial charge on any atom is -0.309 e. The summed E-state index contributed by atoms with van der Waals surface area (Å²) in [5, 5.41) is 5.11. The van der Waals surface area contributed by atoms with Gasteiger partial charge in [-0.2, -0.15) is 0 Å². The van der Waals surface area contributed by atoms with Gasteiger partial charge in [0.2, 0.25) is 0 Å². The van der Waals surface area contributed by atoms with Gasteiger partial charge in [0.25, 0.3) is 0 Å². The maximum Gasteiger partial charge on any atom is 0.0725 e. The van der Waals surface area contributed by atoms with Gasteiger partial charge in [0.1, 0.15) is 0 Å². The molecule has 0 N–H and O–H groups in total. The van der Waals surface area contributed by atoms with Crippen molar-refractivity contribution in [1.82, 2.24) is 9.13 Å². The minimum absolute atomic E-state index is 0.374. The monoisotopic (exact) mass is 852 g/mol. The molecule has 2 nitrogen and oxygen atoms in total. The zero-order valence-corrected chi connectivity index (χ0v) is 37.0. The quantitative estimate of drug-likeness (QED) is 0.168. The van der Waals surface area contributed by atoms with Crippen LogP contribution in [-0.4, -0.2) is 9.13 Å². The molecule has 1 spiro atoms. The van der Waals surface area contributed by atoms with Gasteiger partial charge in [-0.05, 0) is 152 Å². The molecule has 2 aromatic heterocycles. The van der Waals surface area contributed by atoms with E-state index in [1.165, 1.54) is 127 Å². The van der Waals surface area contributed by atoms with E-state index in [4.69, 9.17) is 0 Å². The van der Waals surface area contributed by atoms with Crippen molar-refractivity contribution in [3.05, 3.63) is 263 Å². The number of fused-ring (bicyclic) bond motifs is 19. The molecule has 67 heavy (non-hydrogen) atoms. The van der Waals surface area contributed by atoms with Gasteiger partial charge in [-0.1, -0.05) is 170 Å². The summed E-state index contributed by atoms with van der Waals surface area (Å²) in [7, 11) is 0. The highest BCUT2D eigenvalue weighted by Crippen LogP contribution is 2.63. The number of hydrogen-bond acceptors (Lipinski definition) is 0. The summed E-state index contributed by atoms with van der Waals surface area (Å²) in [6.07, 6.45) is 3.17. The fourth-order valence-corrected chi connectivity index (χ4v) is 13.1. The largest absolute Gasteiger partial charge is 0.309 e. The van der Waals surface area contributed by atoms with E-state index in [2.05, 4.69) is 234 Å². The lowest BCUT2D eigenvalue weighted by Crippen LogP contribution is -2.25. The first kappa shape index (κ1) is 37.1. The van der Waals surface area contributed by atoms with Crippen molar-refractivity contribution in [2.24, 2.45) is 0 Å². The highest BCUT2D eigenvalue weighted by Gasteiger charge is 2.51. The second-order valence-electron chi connectivity index (χ2n) is 19.1. The van der Waals surface area contributed by atoms with Crippen LogP contribution in [-0.2, 0) is 18.3 Å². The average molecular weight is 853 g/mol. The standard InChI is InChI=1S/C65H44N2/c1-3-17-47-41(15-1)29-30-42(37-44-16-2-4-18-48(44)47)43-31-35-63-55(38-43)56-40-46(66-61-27-13-8-22-52(61)53-23-9-14-28-62(53)66)33-36-64(56)67(63)45-32-34-60-54(39-45)51-21-7-12-26-59(51)65(60)57-24-10-5-19-49(57)50-20-6-11-25-58(50)65/h1-28,31-36,38-40,42H,29-30,37H2. The van der Waals surface area contributed by atoms with E-state index in [-0.39, 0.29) is 5.41 Å². The van der Waals surface area contributed by atoms with Gasteiger partial charge >= 0.3 is 0 Å². The Morgan fingerprint density at radius 1 is 0.328 bits per heavy atom. The molecule has 0 aliphatic heterocycles. The predicted octanol–water partition coefficient (Wildman–Crippen LogP) is 16.2. The molecule has 1 atom stereocenters. The van der Waals surface area contributed by atoms with Crippen LogP contribution in [0.15, 0.2) is 224 Å². The van der Waals surface area contributed by atoms with Gasteiger partial charge in [0.05, 0.1) is 27.5 Å². The van der Waals surface area contributed by atoms with Crippen LogP contribution in [0.5, 0.6) is 0 Å². The molecular weight excluding hydrogens is 809 g/mol. The Hall–Kier alpha value is -8.20. The lowest BCUT2D eigenvalue weighted by atomic mass is 9.70. The smallest absolute Gasteiger partial charge is 0.0725 e. The number of benzene rings is 10. The summed E-state index contributed by atoms with van der Waals surface area (Å²) >= 11 is 0. The molecule has 314 valence electrons. The molecule has 0 bridgehead atoms. The summed E-state index contributed by atoms with van der Waals surface area (Å²) in [6, 6.07) is 85.1. The zero-order valence-electron chi connectivity index (χ0n) is 37.0. The van der Waals surface area contributed by atoms with Crippen LogP contribution in [0.2, 0.25) is 0 Å². The van der Waals surface area contributed by atoms with Crippen LogP contribution < -0.4 is 0 Å². The van der Waals surface area contributed by atoms with Gasteiger partial charge in [-0.3, -0.25) is 0 Å². The fraction of sp³-hybridized carbons (Fsp3) is 0.0769. The fourth-order valence-electron chi connectivity index (χ4n) is 13.1. The van der Waals surface area contributed by atoms with E-state index in [1.54, 1.807) is 0 Å². The van der Waals surface area contributed by atoms with E-state index in [0.29, 0.717) is 5.92 Å². The Kier molecular flexibility index (Phi) is 7.69. The van der Waals surface area contributed by atoms with E-state index < -0.39 is 0 Å². The Bertz CT molecular complexity index is 3950. The molecule has 2 heteroatoms. The molecule has 3 aliphatic rings. The zero-order chi connectivity index (χ0) is 43.8. The van der Waals surface area contributed by atoms with Crippen LogP contribution in [0.4, 0.5) is 0 Å². The Labute approximate surface area is 389 Å². The van der Waals surface area contributed by atoms with E-state index >= 15 is 0 Å². The maximum atomic E-state index is 2.55. The first-order valence-corrected chi connectivity index (χ1v) is 23.9. The molecule has 15 rings (SSSR count). The first-order chi connectivity index (χ1) is 33.2. The molecule has 0 saturated carbocycles. The summed E-state index contributed by atoms with van der Waals surface area (Å²) in [6.45, 7) is 0. The highest BCUT2D eigenvalue weighted by molar-refractivity contribution is 6.12. The molecule has 0 saturated heterocycles. The van der Waals surface area contributed by atoms with Crippen molar-refractivity contribution in [2.45, 2.75) is 30.6 Å². The maximum absolute atomic E-state index is 2.55. The molecular formula is C65H44N2. The topological polar surface area (TPSA) is 9.86 Å². The summed E-state index contributed by atoms with van der Waals surface area (Å²) < 4.78 is 5.00. The molecule has 0 radical (unpaired) electrons. The van der Waals surface area contributed by atoms with Gasteiger partial charge in [-0.25, -0.2) is 0 Å². The highest BCUT2D eigenvalue weighted by atomic mass is 15.0. The molecule has 12 aromatic rings. The van der Waals surface area contributed by atoms with Gasteiger partial charge < -0.3 is 9.13 Å². The lowest BCUT2D eigenvalue weighted by Gasteiger charge is -2.30. The minimum atomic E-state index is -0.374. The number of aryl methyl sites for hydroxylation is 1. The van der Waals surface area contributed by atoms with Crippen molar-refractivity contribution < 1.29 is 0 Å². The molecule has 0 amide bonds. The van der Waals surface area contributed by atoms with Crippen molar-refractivity contribution in [1.29, 1.82) is 0 Å². The molecule has 1 unspecified atom stereocenters. The lowest BCUT2D eigenvalue weighted by molar-refractivity contribution is 0.618. The third-order valence-corrected chi connectivity index (χ3v) is 15.9. The third-order valence-electron chi connectivity index (χ3n) is 15.9. The molecule has 3 aliphatic carbocycles. The Morgan fingerprint density at radius 2 is 0.776 bits per heavy atom. The second kappa shape index (κ2) is 13.9. The summed E-state index contributed by atoms with van der Waals surface area (Å²) in [5.41, 5.74) is 24.7. The molecule has 10 aromatic carbocycles. The van der Waals surface area contributed by atoms with Crippen molar-refractivity contribution in [2.75, 3.05) is 0 Å². The van der Waals surface area contributed by atoms with Crippen LogP contribution in [0, 0.1) is 0 Å². The summed E-state index contributed by atoms with van der Waals surface area (Å²) in [4.78, 5) is 0. The van der Waals surface area contributed by atoms with Crippen LogP contribution in [0.25, 0.3) is 88.4 Å². The van der Waals surface area contributed by atoms with E-state index in [9.17, 15) is 0 Å². The Morgan fingerprint density at radius 3 is 1.43 bits per heavy atom. The van der Waals surface area contributed by atoms with Crippen LogP contribution in [0.1, 0.15) is 51.3 Å². The predicted molar refractivity (Wildman–Crippen MR) is 278 cm³/mol. The number of hydrogen-bond donors (Lipinski definition) is 0. The SMILES string of the molecule is c1ccc2c(c1)CCC(c1ccc3c(c1)c1cc(-n4c5ccccc5c5ccccc54)ccc1n3-c1ccc3c(c1)-c1ccccc1C31c3ccccc3-c3ccccc31)Cc1ccccc1-2. The van der Waals surface area contributed by atoms with Crippen LogP contribution in [0.3, 0.4) is 0 Å². The second-order valence-corrected chi connectivity index (χ2v) is 19.1. The average Bonchev–Trinajstić information content (AvgIpc) is 4.09. The van der Waals surface area contributed by atoms with Crippen molar-refractivity contribution in [3.63, 3.8) is 0 Å². The molecule has 2 heterocycles. The molecule has 0 fully saturated rings. The normalized spacial score (nSPS) is 15.3. The number of rotatable bonds is 3. The summed E-state index contributed by atoms with van der Waals surface area (Å²) in [5.74, 6) is 0.377. The van der Waals surface area contributed by atoms with Gasteiger partial charge in [0, 0.05) is 32.9 Å². The Balaban J connectivity index is 0.961. The number of nitrogens with zero attached hydrogens (tertiary/aromatic N) is 2. The van der Waals surface area contributed by atoms with Gasteiger partial charge in [0.15, 0.2) is 0 Å². The van der Waals surface area contributed by atoms with Crippen molar-refractivity contribution in [3.8, 4) is 44.8 Å². The van der Waals surface area contributed by atoms with Crippen LogP contribution >= 0.6 is 0 Å². The number of aromatic nitrogens is 2. The van der Waals surface area contributed by atoms with Gasteiger partial charge in [-0.15, -0.1) is 0 Å². The van der Waals surface area contributed by atoms with E-state index in [0.717, 1.165) is 19.3 Å². The third kappa shape index (κ3) is 5.05. The first-order valence-electron chi connectivity index (χ1n) is 23.9. The van der Waals surface area contributed by atoms with Crippen molar-refractivity contribution >= 4 is 43.6 Å². The van der Waals surface area contributed by atoms with E-state index in [1.807, 2.05) is 0 Å².